The summed E-state index contributed by atoms with van der Waals surface area (Å²) in [5.41, 5.74) is 1.27. The second-order valence-corrected chi connectivity index (χ2v) is 3.96. The van der Waals surface area contributed by atoms with Crippen LogP contribution in [0.3, 0.4) is 0 Å². The smallest absolute Gasteiger partial charge is 0.122 e. The number of nitrogens with one attached hydrogen (secondary N) is 1. The second-order valence-electron chi connectivity index (χ2n) is 3.96. The summed E-state index contributed by atoms with van der Waals surface area (Å²) in [7, 11) is 3.71. The van der Waals surface area contributed by atoms with E-state index in [4.69, 9.17) is 4.74 Å². The van der Waals surface area contributed by atoms with Gasteiger partial charge >= 0.3 is 0 Å². The van der Waals surface area contributed by atoms with Crippen molar-refractivity contribution >= 4 is 0 Å². The van der Waals surface area contributed by atoms with Crippen LogP contribution in [0.2, 0.25) is 0 Å². The first kappa shape index (κ1) is 12.8. The maximum absolute atomic E-state index is 5.36. The molecule has 0 saturated carbocycles. The van der Waals surface area contributed by atoms with Gasteiger partial charge in [-0.1, -0.05) is 24.3 Å². The van der Waals surface area contributed by atoms with Crippen molar-refractivity contribution in [3.05, 3.63) is 42.5 Å². The van der Waals surface area contributed by atoms with Crippen LogP contribution in [0.5, 0.6) is 5.75 Å². The van der Waals surface area contributed by atoms with Gasteiger partial charge in [-0.3, -0.25) is 0 Å². The molecule has 0 aliphatic rings. The average Bonchev–Trinajstić information content (AvgIpc) is 2.30. The Kier molecular flexibility index (Phi) is 5.65. The number of benzene rings is 1. The lowest BCUT2D eigenvalue weighted by molar-refractivity contribution is 0.402. The third-order valence-corrected chi connectivity index (χ3v) is 2.69. The Labute approximate surface area is 98.3 Å². The van der Waals surface area contributed by atoms with Crippen molar-refractivity contribution in [3.63, 3.8) is 0 Å². The maximum Gasteiger partial charge on any atom is 0.122 e. The molecule has 2 heteroatoms. The zero-order valence-electron chi connectivity index (χ0n) is 10.2. The summed E-state index contributed by atoms with van der Waals surface area (Å²) in [6.07, 6.45) is 4.03. The van der Waals surface area contributed by atoms with Crippen molar-refractivity contribution in [2.45, 2.75) is 12.8 Å². The molecule has 0 amide bonds. The second kappa shape index (κ2) is 7.07. The van der Waals surface area contributed by atoms with Gasteiger partial charge in [-0.2, -0.15) is 0 Å². The molecule has 0 unspecified atom stereocenters. The highest BCUT2D eigenvalue weighted by molar-refractivity contribution is 5.33. The van der Waals surface area contributed by atoms with E-state index in [0.29, 0.717) is 5.92 Å². The summed E-state index contributed by atoms with van der Waals surface area (Å²) >= 11 is 0. The Morgan fingerprint density at radius 2 is 2.19 bits per heavy atom. The molecule has 1 atom stereocenters. The fourth-order valence-electron chi connectivity index (χ4n) is 1.95. The number of hydrogen-bond donors (Lipinski definition) is 1. The maximum atomic E-state index is 5.36. The van der Waals surface area contributed by atoms with Gasteiger partial charge in [-0.15, -0.1) is 6.58 Å². The number of allylic oxidation sites excluding steroid dienone is 1. The fourth-order valence-corrected chi connectivity index (χ4v) is 1.95. The van der Waals surface area contributed by atoms with E-state index in [1.807, 2.05) is 25.3 Å². The van der Waals surface area contributed by atoms with Crippen molar-refractivity contribution in [2.24, 2.45) is 5.92 Å². The highest BCUT2D eigenvalue weighted by Gasteiger charge is 2.10. The van der Waals surface area contributed by atoms with Crippen LogP contribution in [-0.2, 0) is 6.42 Å². The monoisotopic (exact) mass is 219 g/mol. The number of methoxy groups -OCH3 is 1. The van der Waals surface area contributed by atoms with E-state index in [1.54, 1.807) is 7.11 Å². The van der Waals surface area contributed by atoms with E-state index in [1.165, 1.54) is 5.56 Å². The van der Waals surface area contributed by atoms with Gasteiger partial charge in [0, 0.05) is 0 Å². The van der Waals surface area contributed by atoms with Gasteiger partial charge in [0.2, 0.25) is 0 Å². The molecule has 16 heavy (non-hydrogen) atoms. The summed E-state index contributed by atoms with van der Waals surface area (Å²) in [5.74, 6) is 1.56. The topological polar surface area (TPSA) is 21.3 Å². The molecule has 1 N–H and O–H groups in total. The molecule has 0 aliphatic carbocycles. The summed E-state index contributed by atoms with van der Waals surface area (Å²) in [5, 5.41) is 3.22. The molecular formula is C14H21NO. The van der Waals surface area contributed by atoms with Gasteiger partial charge in [0.25, 0.3) is 0 Å². The minimum Gasteiger partial charge on any atom is -0.496 e. The average molecular weight is 219 g/mol. The van der Waals surface area contributed by atoms with E-state index in [2.05, 4.69) is 24.0 Å². The first-order valence-electron chi connectivity index (χ1n) is 5.69. The van der Waals surface area contributed by atoms with Crippen LogP contribution >= 0.6 is 0 Å². The van der Waals surface area contributed by atoms with E-state index >= 15 is 0 Å². The molecule has 0 radical (unpaired) electrons. The lowest BCUT2D eigenvalue weighted by atomic mass is 9.95. The minimum absolute atomic E-state index is 0.582. The zero-order valence-corrected chi connectivity index (χ0v) is 10.2. The first-order chi connectivity index (χ1) is 7.81. The molecule has 1 aromatic carbocycles. The van der Waals surface area contributed by atoms with Crippen LogP contribution < -0.4 is 10.1 Å². The van der Waals surface area contributed by atoms with Gasteiger partial charge in [0.05, 0.1) is 7.11 Å². The van der Waals surface area contributed by atoms with Crippen LogP contribution in [0.25, 0.3) is 0 Å². The molecule has 0 aliphatic heterocycles. The molecule has 0 spiro atoms. The third kappa shape index (κ3) is 3.70. The molecule has 0 bridgehead atoms. The third-order valence-electron chi connectivity index (χ3n) is 2.69. The highest BCUT2D eigenvalue weighted by Crippen LogP contribution is 2.22. The van der Waals surface area contributed by atoms with Crippen molar-refractivity contribution in [3.8, 4) is 5.75 Å². The van der Waals surface area contributed by atoms with E-state index in [-0.39, 0.29) is 0 Å². The number of rotatable bonds is 7. The summed E-state index contributed by atoms with van der Waals surface area (Å²) in [6.45, 7) is 4.81. The molecular weight excluding hydrogens is 198 g/mol. The van der Waals surface area contributed by atoms with Crippen LogP contribution in [0.4, 0.5) is 0 Å². The van der Waals surface area contributed by atoms with Gasteiger partial charge in [0.1, 0.15) is 5.75 Å². The summed E-state index contributed by atoms with van der Waals surface area (Å²) in [4.78, 5) is 0. The Bertz CT molecular complexity index is 322. The first-order valence-corrected chi connectivity index (χ1v) is 5.69. The normalized spacial score (nSPS) is 12.1. The number of hydrogen-bond acceptors (Lipinski definition) is 2. The van der Waals surface area contributed by atoms with Gasteiger partial charge in [-0.25, -0.2) is 0 Å². The Hall–Kier alpha value is -1.28. The van der Waals surface area contributed by atoms with Crippen molar-refractivity contribution in [1.29, 1.82) is 0 Å². The van der Waals surface area contributed by atoms with E-state index in [9.17, 15) is 0 Å². The van der Waals surface area contributed by atoms with Crippen LogP contribution in [0.1, 0.15) is 12.0 Å². The molecule has 0 heterocycles. The lowest BCUT2D eigenvalue weighted by Crippen LogP contribution is -2.20. The van der Waals surface area contributed by atoms with Gasteiger partial charge in [0.15, 0.2) is 0 Å². The molecule has 0 fully saturated rings. The SMILES string of the molecule is C=CC[C@H](CNC)Cc1ccccc1OC. The van der Waals surface area contributed by atoms with Crippen LogP contribution in [-0.4, -0.2) is 20.7 Å². The Balaban J connectivity index is 2.71. The van der Waals surface area contributed by atoms with Crippen LogP contribution in [0.15, 0.2) is 36.9 Å². The quantitative estimate of drug-likeness (QED) is 0.712. The van der Waals surface area contributed by atoms with E-state index in [0.717, 1.165) is 25.1 Å². The molecule has 0 aromatic heterocycles. The largest absolute Gasteiger partial charge is 0.496 e. The standard InChI is InChI=1S/C14H21NO/c1-4-7-12(11-15-2)10-13-8-5-6-9-14(13)16-3/h4-6,8-9,12,15H,1,7,10-11H2,2-3H3/t12-/m0/s1. The molecule has 0 saturated heterocycles. The van der Waals surface area contributed by atoms with Crippen molar-refractivity contribution in [1.82, 2.24) is 5.32 Å². The van der Waals surface area contributed by atoms with Gasteiger partial charge in [-0.05, 0) is 44.0 Å². The molecule has 1 rings (SSSR count). The predicted octanol–water partition coefficient (Wildman–Crippen LogP) is 2.65. The fraction of sp³-hybridized carbons (Fsp3) is 0.429. The molecule has 2 nitrogen and oxygen atoms in total. The van der Waals surface area contributed by atoms with E-state index < -0.39 is 0 Å². The Morgan fingerprint density at radius 1 is 1.44 bits per heavy atom. The summed E-state index contributed by atoms with van der Waals surface area (Å²) < 4.78 is 5.36. The Morgan fingerprint density at radius 3 is 2.81 bits per heavy atom. The predicted molar refractivity (Wildman–Crippen MR) is 68.9 cm³/mol. The van der Waals surface area contributed by atoms with Gasteiger partial charge < -0.3 is 10.1 Å². The number of ether oxygens (including phenoxy) is 1. The lowest BCUT2D eigenvalue weighted by Gasteiger charge is -2.16. The minimum atomic E-state index is 0.582. The number of para-hydroxylation sites is 1. The van der Waals surface area contributed by atoms with Crippen molar-refractivity contribution < 1.29 is 4.74 Å². The zero-order chi connectivity index (χ0) is 11.8. The van der Waals surface area contributed by atoms with Crippen LogP contribution in [0, 0.1) is 5.92 Å². The molecule has 1 aromatic rings. The summed E-state index contributed by atoms with van der Waals surface area (Å²) in [6, 6.07) is 8.20. The highest BCUT2D eigenvalue weighted by atomic mass is 16.5. The molecule has 88 valence electrons. The van der Waals surface area contributed by atoms with Crippen molar-refractivity contribution in [2.75, 3.05) is 20.7 Å².